The topological polar surface area (TPSA) is 81.8 Å². The first-order valence-corrected chi connectivity index (χ1v) is 10.1. The van der Waals surface area contributed by atoms with Crippen molar-refractivity contribution < 1.29 is 19.4 Å². The Morgan fingerprint density at radius 2 is 1.83 bits per heavy atom. The molecule has 1 fully saturated rings. The highest BCUT2D eigenvalue weighted by atomic mass is 16.5. The fourth-order valence-electron chi connectivity index (χ4n) is 4.20. The van der Waals surface area contributed by atoms with Gasteiger partial charge < -0.3 is 28.6 Å². The lowest BCUT2D eigenvalue weighted by Gasteiger charge is -2.38. The molecule has 0 aliphatic carbocycles. The zero-order valence-corrected chi connectivity index (χ0v) is 17.9. The van der Waals surface area contributed by atoms with Crippen molar-refractivity contribution in [3.8, 4) is 11.5 Å². The molecule has 1 N–H and O–H groups in total. The number of aryl methyl sites for hydroxylation is 2. The first kappa shape index (κ1) is 20.3. The first-order chi connectivity index (χ1) is 14.3. The van der Waals surface area contributed by atoms with Gasteiger partial charge in [-0.2, -0.15) is 0 Å². The molecule has 1 aliphatic heterocycles. The lowest BCUT2D eigenvalue weighted by Crippen LogP contribution is -2.49. The molecule has 3 heterocycles. The molecule has 1 amide bonds. The Balaban J connectivity index is 1.52. The minimum absolute atomic E-state index is 0.0347. The SMILES string of the molecule is COc1cc2cc(C(=O)N3CCC(O)(Cn4ccnc4C)CC3)n(C)c2cc1OC. The highest BCUT2D eigenvalue weighted by Crippen LogP contribution is 2.34. The summed E-state index contributed by atoms with van der Waals surface area (Å²) in [6.07, 6.45) is 4.67. The number of likely N-dealkylation sites (tertiary alicyclic amines) is 1. The average Bonchev–Trinajstić information content (AvgIpc) is 3.29. The average molecular weight is 412 g/mol. The summed E-state index contributed by atoms with van der Waals surface area (Å²) in [6, 6.07) is 5.65. The normalized spacial score (nSPS) is 16.1. The van der Waals surface area contributed by atoms with Crippen LogP contribution in [0.1, 0.15) is 29.2 Å². The second-order valence-electron chi connectivity index (χ2n) is 7.97. The van der Waals surface area contributed by atoms with Crippen molar-refractivity contribution in [3.63, 3.8) is 0 Å². The quantitative estimate of drug-likeness (QED) is 0.696. The Hall–Kier alpha value is -3.00. The van der Waals surface area contributed by atoms with Gasteiger partial charge in [0, 0.05) is 44.0 Å². The third-order valence-corrected chi connectivity index (χ3v) is 6.14. The number of methoxy groups -OCH3 is 2. The number of rotatable bonds is 5. The maximum atomic E-state index is 13.2. The number of benzene rings is 1. The van der Waals surface area contributed by atoms with Gasteiger partial charge in [-0.3, -0.25) is 4.79 Å². The van der Waals surface area contributed by atoms with E-state index < -0.39 is 5.60 Å². The molecule has 1 aliphatic rings. The number of ether oxygens (including phenoxy) is 2. The number of aliphatic hydroxyl groups is 1. The van der Waals surface area contributed by atoms with Crippen LogP contribution in [0.3, 0.4) is 0 Å². The lowest BCUT2D eigenvalue weighted by molar-refractivity contribution is -0.0297. The van der Waals surface area contributed by atoms with E-state index in [0.717, 1.165) is 16.7 Å². The van der Waals surface area contributed by atoms with E-state index in [1.807, 2.05) is 52.4 Å². The molecule has 1 saturated heterocycles. The monoisotopic (exact) mass is 412 g/mol. The highest BCUT2D eigenvalue weighted by Gasteiger charge is 2.35. The molecule has 0 spiro atoms. The Morgan fingerprint density at radius 1 is 1.17 bits per heavy atom. The van der Waals surface area contributed by atoms with E-state index in [9.17, 15) is 9.90 Å². The number of fused-ring (bicyclic) bond motifs is 1. The maximum Gasteiger partial charge on any atom is 0.270 e. The van der Waals surface area contributed by atoms with Gasteiger partial charge in [-0.25, -0.2) is 4.98 Å². The molecule has 0 bridgehead atoms. The summed E-state index contributed by atoms with van der Waals surface area (Å²) in [6.45, 7) is 3.44. The molecule has 4 rings (SSSR count). The molecule has 30 heavy (non-hydrogen) atoms. The van der Waals surface area contributed by atoms with Crippen molar-refractivity contribution in [1.29, 1.82) is 0 Å². The minimum atomic E-state index is -0.831. The van der Waals surface area contributed by atoms with Crippen LogP contribution in [-0.2, 0) is 13.6 Å². The second kappa shape index (κ2) is 7.68. The Morgan fingerprint density at radius 3 is 2.43 bits per heavy atom. The van der Waals surface area contributed by atoms with Crippen molar-refractivity contribution in [2.45, 2.75) is 31.9 Å². The molecular formula is C22H28N4O4. The standard InChI is InChI=1S/C22H28N4O4/c1-15-23-7-10-26(15)14-22(28)5-8-25(9-6-22)21(27)18-11-16-12-19(29-3)20(30-4)13-17(16)24(18)2/h7,10-13,28H,5-6,8-9,14H2,1-4H3. The van der Waals surface area contributed by atoms with E-state index in [-0.39, 0.29) is 5.91 Å². The third-order valence-electron chi connectivity index (χ3n) is 6.14. The number of imidazole rings is 1. The molecule has 8 nitrogen and oxygen atoms in total. The maximum absolute atomic E-state index is 13.2. The molecule has 0 saturated carbocycles. The van der Waals surface area contributed by atoms with Gasteiger partial charge in [0.25, 0.3) is 5.91 Å². The van der Waals surface area contributed by atoms with Gasteiger partial charge in [0.2, 0.25) is 0 Å². The first-order valence-electron chi connectivity index (χ1n) is 10.1. The molecule has 3 aromatic rings. The fraction of sp³-hybridized carbons (Fsp3) is 0.455. The largest absolute Gasteiger partial charge is 0.493 e. The number of nitrogens with zero attached hydrogens (tertiary/aromatic N) is 4. The van der Waals surface area contributed by atoms with Crippen LogP contribution in [0, 0.1) is 6.92 Å². The smallest absolute Gasteiger partial charge is 0.270 e. The molecule has 0 atom stereocenters. The van der Waals surface area contributed by atoms with Gasteiger partial charge >= 0.3 is 0 Å². The van der Waals surface area contributed by atoms with Crippen molar-refractivity contribution in [3.05, 3.63) is 42.1 Å². The molecule has 0 unspecified atom stereocenters. The Kier molecular flexibility index (Phi) is 5.19. The van der Waals surface area contributed by atoms with E-state index >= 15 is 0 Å². The number of piperidine rings is 1. The van der Waals surface area contributed by atoms with Crippen LogP contribution in [-0.4, -0.2) is 62.9 Å². The number of amides is 1. The summed E-state index contributed by atoms with van der Waals surface area (Å²) >= 11 is 0. The number of carbonyl (C=O) groups is 1. The van der Waals surface area contributed by atoms with Crippen molar-refractivity contribution in [1.82, 2.24) is 19.0 Å². The van der Waals surface area contributed by atoms with Gasteiger partial charge in [-0.05, 0) is 31.9 Å². The summed E-state index contributed by atoms with van der Waals surface area (Å²) in [4.78, 5) is 19.3. The number of aromatic nitrogens is 3. The summed E-state index contributed by atoms with van der Waals surface area (Å²) in [7, 11) is 5.07. The summed E-state index contributed by atoms with van der Waals surface area (Å²) in [5.41, 5.74) is 0.679. The number of hydrogen-bond acceptors (Lipinski definition) is 5. The van der Waals surface area contributed by atoms with Gasteiger partial charge in [0.15, 0.2) is 11.5 Å². The number of carbonyl (C=O) groups excluding carboxylic acids is 1. The van der Waals surface area contributed by atoms with Crippen LogP contribution in [0.15, 0.2) is 30.6 Å². The summed E-state index contributed by atoms with van der Waals surface area (Å²) in [5.74, 6) is 2.10. The van der Waals surface area contributed by atoms with Crippen molar-refractivity contribution in [2.75, 3.05) is 27.3 Å². The second-order valence-corrected chi connectivity index (χ2v) is 7.97. The molecule has 1 aromatic carbocycles. The van der Waals surface area contributed by atoms with Gasteiger partial charge in [-0.15, -0.1) is 0 Å². The minimum Gasteiger partial charge on any atom is -0.493 e. The van der Waals surface area contributed by atoms with Gasteiger partial charge in [0.05, 0.1) is 31.9 Å². The fourth-order valence-corrected chi connectivity index (χ4v) is 4.20. The molecule has 8 heteroatoms. The zero-order valence-electron chi connectivity index (χ0n) is 17.9. The van der Waals surface area contributed by atoms with Gasteiger partial charge in [-0.1, -0.05) is 0 Å². The van der Waals surface area contributed by atoms with Crippen molar-refractivity contribution >= 4 is 16.8 Å². The van der Waals surface area contributed by atoms with Crippen LogP contribution in [0.5, 0.6) is 11.5 Å². The van der Waals surface area contributed by atoms with E-state index in [2.05, 4.69) is 4.98 Å². The Bertz CT molecular complexity index is 1080. The van der Waals surface area contributed by atoms with E-state index in [4.69, 9.17) is 9.47 Å². The van der Waals surface area contributed by atoms with Gasteiger partial charge in [0.1, 0.15) is 11.5 Å². The van der Waals surface area contributed by atoms with Crippen LogP contribution in [0.2, 0.25) is 0 Å². The summed E-state index contributed by atoms with van der Waals surface area (Å²) < 4.78 is 14.6. The number of hydrogen-bond donors (Lipinski definition) is 1. The van der Waals surface area contributed by atoms with Crippen LogP contribution >= 0.6 is 0 Å². The zero-order chi connectivity index (χ0) is 21.5. The molecule has 160 valence electrons. The van der Waals surface area contributed by atoms with Crippen LogP contribution < -0.4 is 9.47 Å². The molecule has 2 aromatic heterocycles. The van der Waals surface area contributed by atoms with Crippen molar-refractivity contribution in [2.24, 2.45) is 7.05 Å². The lowest BCUT2D eigenvalue weighted by atomic mass is 9.91. The van der Waals surface area contributed by atoms with E-state index in [1.54, 1.807) is 20.4 Å². The highest BCUT2D eigenvalue weighted by molar-refractivity contribution is 5.99. The molecule has 0 radical (unpaired) electrons. The predicted molar refractivity (Wildman–Crippen MR) is 113 cm³/mol. The Labute approximate surface area is 175 Å². The van der Waals surface area contributed by atoms with E-state index in [1.165, 1.54) is 0 Å². The van der Waals surface area contributed by atoms with Crippen LogP contribution in [0.4, 0.5) is 0 Å². The summed E-state index contributed by atoms with van der Waals surface area (Å²) in [5, 5.41) is 11.9. The van der Waals surface area contributed by atoms with Crippen LogP contribution in [0.25, 0.3) is 10.9 Å². The molecular weight excluding hydrogens is 384 g/mol. The predicted octanol–water partition coefficient (Wildman–Crippen LogP) is 2.37. The van der Waals surface area contributed by atoms with E-state index in [0.29, 0.717) is 49.7 Å². The third kappa shape index (κ3) is 3.52.